The first-order chi connectivity index (χ1) is 15.5. The topological polar surface area (TPSA) is 49.8 Å². The van der Waals surface area contributed by atoms with E-state index in [1.54, 1.807) is 0 Å². The molecule has 4 nitrogen and oxygen atoms in total. The summed E-state index contributed by atoms with van der Waals surface area (Å²) in [6.45, 7) is 6.36. The fourth-order valence-corrected chi connectivity index (χ4v) is 4.67. The van der Waals surface area contributed by atoms with Crippen molar-refractivity contribution in [1.29, 1.82) is 0 Å². The van der Waals surface area contributed by atoms with Crippen LogP contribution in [0.15, 0.2) is 72.8 Å². The summed E-state index contributed by atoms with van der Waals surface area (Å²) in [5.74, 6) is -0.0613. The van der Waals surface area contributed by atoms with E-state index in [1.165, 1.54) is 22.3 Å². The first-order valence-electron chi connectivity index (χ1n) is 11.3. The van der Waals surface area contributed by atoms with Gasteiger partial charge in [0.05, 0.1) is 12.0 Å². The zero-order valence-corrected chi connectivity index (χ0v) is 18.8. The summed E-state index contributed by atoms with van der Waals surface area (Å²) >= 11 is 0. The lowest BCUT2D eigenvalue weighted by Crippen LogP contribution is -2.39. The summed E-state index contributed by atoms with van der Waals surface area (Å²) in [6, 6.07) is 25.3. The minimum absolute atomic E-state index is 0.103. The number of hydrogen-bond acceptors (Lipinski definition) is 3. The van der Waals surface area contributed by atoms with Crippen LogP contribution in [0.1, 0.15) is 46.7 Å². The van der Waals surface area contributed by atoms with Crippen molar-refractivity contribution < 1.29 is 14.6 Å². The van der Waals surface area contributed by atoms with Crippen LogP contribution in [0.5, 0.6) is 5.75 Å². The van der Waals surface area contributed by atoms with Crippen molar-refractivity contribution in [3.63, 3.8) is 0 Å². The molecule has 1 N–H and O–H groups in total. The van der Waals surface area contributed by atoms with E-state index in [1.807, 2.05) is 30.3 Å². The lowest BCUT2D eigenvalue weighted by Gasteiger charge is -2.37. The van der Waals surface area contributed by atoms with Gasteiger partial charge in [0, 0.05) is 0 Å². The van der Waals surface area contributed by atoms with Crippen LogP contribution in [0, 0.1) is 19.8 Å². The predicted octanol–water partition coefficient (Wildman–Crippen LogP) is 5.77. The molecule has 3 aromatic rings. The molecule has 1 atom stereocenters. The Morgan fingerprint density at radius 2 is 1.56 bits per heavy atom. The molecule has 0 aromatic heterocycles. The van der Waals surface area contributed by atoms with Crippen LogP contribution in [0.25, 0.3) is 0 Å². The molecule has 4 rings (SSSR count). The highest BCUT2D eigenvalue weighted by molar-refractivity contribution is 5.70. The molecule has 0 aliphatic carbocycles. The summed E-state index contributed by atoms with van der Waals surface area (Å²) in [4.78, 5) is 13.9. The lowest BCUT2D eigenvalue weighted by atomic mass is 9.90. The van der Waals surface area contributed by atoms with E-state index in [0.717, 1.165) is 24.4 Å². The Labute approximate surface area is 190 Å². The third-order valence-corrected chi connectivity index (χ3v) is 6.25. The van der Waals surface area contributed by atoms with Crippen LogP contribution in [-0.4, -0.2) is 29.1 Å². The summed E-state index contributed by atoms with van der Waals surface area (Å²) in [5.41, 5.74) is 6.09. The van der Waals surface area contributed by atoms with E-state index < -0.39 is 5.97 Å². The van der Waals surface area contributed by atoms with Gasteiger partial charge in [0.15, 0.2) is 0 Å². The van der Waals surface area contributed by atoms with E-state index in [4.69, 9.17) is 4.74 Å². The maximum atomic E-state index is 11.4. The minimum Gasteiger partial charge on any atom is -0.489 e. The highest BCUT2D eigenvalue weighted by atomic mass is 16.5. The Bertz CT molecular complexity index is 1020. The lowest BCUT2D eigenvalue weighted by molar-refractivity contribution is -0.143. The molecule has 1 unspecified atom stereocenters. The Morgan fingerprint density at radius 3 is 2.16 bits per heavy atom. The van der Waals surface area contributed by atoms with Crippen LogP contribution in [0.4, 0.5) is 0 Å². The standard InChI is InChI=1S/C28H31NO3/c1-20-16-21(2)18-25(17-20)27(29-14-12-24(13-15-29)28(30)31)23-8-10-26(11-9-23)32-19-22-6-4-3-5-7-22/h3-11,16-18,24,27H,12-15,19H2,1-2H3,(H,30,31). The van der Waals surface area contributed by atoms with Crippen molar-refractivity contribution in [2.75, 3.05) is 13.1 Å². The molecule has 1 aliphatic heterocycles. The number of piperidine rings is 1. The van der Waals surface area contributed by atoms with Crippen molar-refractivity contribution in [3.05, 3.63) is 101 Å². The van der Waals surface area contributed by atoms with Gasteiger partial charge in [-0.25, -0.2) is 0 Å². The first-order valence-corrected chi connectivity index (χ1v) is 11.3. The third kappa shape index (κ3) is 5.38. The zero-order valence-electron chi connectivity index (χ0n) is 18.8. The number of nitrogens with zero attached hydrogens (tertiary/aromatic N) is 1. The van der Waals surface area contributed by atoms with Gasteiger partial charge < -0.3 is 9.84 Å². The highest BCUT2D eigenvalue weighted by Crippen LogP contribution is 2.34. The van der Waals surface area contributed by atoms with Gasteiger partial charge >= 0.3 is 5.97 Å². The summed E-state index contributed by atoms with van der Waals surface area (Å²) in [7, 11) is 0. The number of ether oxygens (including phenoxy) is 1. The van der Waals surface area contributed by atoms with Crippen LogP contribution in [0.2, 0.25) is 0 Å². The number of likely N-dealkylation sites (tertiary alicyclic amines) is 1. The number of aliphatic carboxylic acids is 1. The quantitative estimate of drug-likeness (QED) is 0.518. The van der Waals surface area contributed by atoms with Crippen molar-refractivity contribution >= 4 is 5.97 Å². The van der Waals surface area contributed by atoms with E-state index in [9.17, 15) is 9.90 Å². The molecular weight excluding hydrogens is 398 g/mol. The van der Waals surface area contributed by atoms with Crippen molar-refractivity contribution in [1.82, 2.24) is 4.90 Å². The van der Waals surface area contributed by atoms with Crippen molar-refractivity contribution in [2.45, 2.75) is 39.3 Å². The summed E-state index contributed by atoms with van der Waals surface area (Å²) in [6.07, 6.45) is 1.38. The Balaban J connectivity index is 1.56. The molecule has 4 heteroatoms. The number of hydrogen-bond donors (Lipinski definition) is 1. The van der Waals surface area contributed by atoms with E-state index in [0.29, 0.717) is 19.4 Å². The minimum atomic E-state index is -0.674. The van der Waals surface area contributed by atoms with Gasteiger partial charge in [-0.3, -0.25) is 9.69 Å². The third-order valence-electron chi connectivity index (χ3n) is 6.25. The highest BCUT2D eigenvalue weighted by Gasteiger charge is 2.30. The Kier molecular flexibility index (Phi) is 6.91. The second kappa shape index (κ2) is 10.0. The smallest absolute Gasteiger partial charge is 0.306 e. The number of aryl methyl sites for hydroxylation is 2. The molecule has 166 valence electrons. The first kappa shape index (κ1) is 22.1. The molecule has 0 bridgehead atoms. The molecule has 1 saturated heterocycles. The average molecular weight is 430 g/mol. The predicted molar refractivity (Wildman–Crippen MR) is 127 cm³/mol. The van der Waals surface area contributed by atoms with Crippen LogP contribution < -0.4 is 4.74 Å². The fraction of sp³-hybridized carbons (Fsp3) is 0.321. The van der Waals surface area contributed by atoms with Crippen molar-refractivity contribution in [2.24, 2.45) is 5.92 Å². The maximum Gasteiger partial charge on any atom is 0.306 e. The molecule has 0 amide bonds. The summed E-state index contributed by atoms with van der Waals surface area (Å²) in [5, 5.41) is 9.40. The number of carboxylic acid groups (broad SMARTS) is 1. The van der Waals surface area contributed by atoms with E-state index in [-0.39, 0.29) is 12.0 Å². The zero-order chi connectivity index (χ0) is 22.5. The normalized spacial score (nSPS) is 15.9. The van der Waals surface area contributed by atoms with E-state index in [2.05, 4.69) is 61.2 Å². The Hall–Kier alpha value is -3.11. The maximum absolute atomic E-state index is 11.4. The number of carbonyl (C=O) groups is 1. The molecule has 32 heavy (non-hydrogen) atoms. The van der Waals surface area contributed by atoms with E-state index >= 15 is 0 Å². The van der Waals surface area contributed by atoms with Crippen LogP contribution in [0.3, 0.4) is 0 Å². The molecule has 1 heterocycles. The van der Waals surface area contributed by atoms with Crippen LogP contribution in [-0.2, 0) is 11.4 Å². The molecule has 0 spiro atoms. The largest absolute Gasteiger partial charge is 0.489 e. The second-order valence-corrected chi connectivity index (χ2v) is 8.82. The van der Waals surface area contributed by atoms with Gasteiger partial charge in [0.1, 0.15) is 12.4 Å². The SMILES string of the molecule is Cc1cc(C)cc(C(c2ccc(OCc3ccccc3)cc2)N2CCC(C(=O)O)CC2)c1. The van der Waals surface area contributed by atoms with Crippen LogP contribution >= 0.6 is 0 Å². The molecule has 3 aromatic carbocycles. The van der Waals surface area contributed by atoms with Crippen molar-refractivity contribution in [3.8, 4) is 5.75 Å². The molecule has 0 saturated carbocycles. The fourth-order valence-electron chi connectivity index (χ4n) is 4.67. The molecule has 0 radical (unpaired) electrons. The number of benzene rings is 3. The molecule has 1 fully saturated rings. The molecular formula is C28H31NO3. The number of rotatable bonds is 7. The van der Waals surface area contributed by atoms with Gasteiger partial charge in [-0.15, -0.1) is 0 Å². The second-order valence-electron chi connectivity index (χ2n) is 8.82. The van der Waals surface area contributed by atoms with Gasteiger partial charge in [-0.1, -0.05) is 71.8 Å². The Morgan fingerprint density at radius 1 is 0.938 bits per heavy atom. The number of carboxylic acids is 1. The van der Waals surface area contributed by atoms with Gasteiger partial charge in [0.2, 0.25) is 0 Å². The van der Waals surface area contributed by atoms with Gasteiger partial charge in [0.25, 0.3) is 0 Å². The van der Waals surface area contributed by atoms with Gasteiger partial charge in [-0.05, 0) is 68.6 Å². The average Bonchev–Trinajstić information content (AvgIpc) is 2.79. The van der Waals surface area contributed by atoms with Gasteiger partial charge in [-0.2, -0.15) is 0 Å². The molecule has 1 aliphatic rings. The summed E-state index contributed by atoms with van der Waals surface area (Å²) < 4.78 is 5.98. The monoisotopic (exact) mass is 429 g/mol.